The SMILES string of the molecule is O=C(NCc1ccc(N2CCCC2=O)cc1)c1ccc(=O)[nH]c1. The Kier molecular flexibility index (Phi) is 4.23. The van der Waals surface area contributed by atoms with E-state index in [1.54, 1.807) is 4.90 Å². The molecule has 0 spiro atoms. The molecule has 0 bridgehead atoms. The second kappa shape index (κ2) is 6.48. The van der Waals surface area contributed by atoms with Crippen molar-refractivity contribution in [2.75, 3.05) is 11.4 Å². The van der Waals surface area contributed by atoms with Crippen LogP contribution in [0.25, 0.3) is 0 Å². The predicted molar refractivity (Wildman–Crippen MR) is 86.3 cm³/mol. The Labute approximate surface area is 133 Å². The molecule has 1 fully saturated rings. The van der Waals surface area contributed by atoms with E-state index in [0.29, 0.717) is 18.5 Å². The molecule has 1 aliphatic rings. The molecule has 6 heteroatoms. The fraction of sp³-hybridized carbons (Fsp3) is 0.235. The molecule has 1 saturated heterocycles. The van der Waals surface area contributed by atoms with Crippen molar-refractivity contribution in [2.45, 2.75) is 19.4 Å². The van der Waals surface area contributed by atoms with Gasteiger partial charge >= 0.3 is 0 Å². The minimum absolute atomic E-state index is 0.157. The molecule has 1 aliphatic heterocycles. The van der Waals surface area contributed by atoms with Gasteiger partial charge in [0.25, 0.3) is 5.91 Å². The summed E-state index contributed by atoms with van der Waals surface area (Å²) in [5, 5.41) is 2.79. The Bertz CT molecular complexity index is 760. The summed E-state index contributed by atoms with van der Waals surface area (Å²) in [5.74, 6) is -0.0934. The number of rotatable bonds is 4. The first-order chi connectivity index (χ1) is 11.1. The number of hydrogen-bond acceptors (Lipinski definition) is 3. The van der Waals surface area contributed by atoms with Crippen molar-refractivity contribution < 1.29 is 9.59 Å². The number of amides is 2. The van der Waals surface area contributed by atoms with Crippen LogP contribution in [0.4, 0.5) is 5.69 Å². The summed E-state index contributed by atoms with van der Waals surface area (Å²) < 4.78 is 0. The Morgan fingerprint density at radius 1 is 1.13 bits per heavy atom. The lowest BCUT2D eigenvalue weighted by Gasteiger charge is -2.16. The second-order valence-electron chi connectivity index (χ2n) is 5.44. The molecule has 2 heterocycles. The van der Waals surface area contributed by atoms with Gasteiger partial charge in [-0.25, -0.2) is 0 Å². The van der Waals surface area contributed by atoms with Gasteiger partial charge in [-0.15, -0.1) is 0 Å². The lowest BCUT2D eigenvalue weighted by molar-refractivity contribution is -0.117. The van der Waals surface area contributed by atoms with Gasteiger partial charge in [0, 0.05) is 37.5 Å². The molecule has 0 unspecified atom stereocenters. The first-order valence-electron chi connectivity index (χ1n) is 7.50. The minimum Gasteiger partial charge on any atom is -0.348 e. The first-order valence-corrected chi connectivity index (χ1v) is 7.50. The number of pyridine rings is 1. The third kappa shape index (κ3) is 3.48. The maximum Gasteiger partial charge on any atom is 0.253 e. The lowest BCUT2D eigenvalue weighted by Crippen LogP contribution is -2.24. The highest BCUT2D eigenvalue weighted by Crippen LogP contribution is 2.21. The molecule has 2 amide bonds. The van der Waals surface area contributed by atoms with Crippen molar-refractivity contribution in [2.24, 2.45) is 0 Å². The fourth-order valence-electron chi connectivity index (χ4n) is 2.55. The van der Waals surface area contributed by atoms with Gasteiger partial charge in [-0.05, 0) is 30.2 Å². The quantitative estimate of drug-likeness (QED) is 0.896. The number of hydrogen-bond donors (Lipinski definition) is 2. The monoisotopic (exact) mass is 311 g/mol. The van der Waals surface area contributed by atoms with E-state index in [4.69, 9.17) is 0 Å². The van der Waals surface area contributed by atoms with Gasteiger partial charge in [-0.2, -0.15) is 0 Å². The summed E-state index contributed by atoms with van der Waals surface area (Å²) in [6.45, 7) is 1.15. The van der Waals surface area contributed by atoms with Crippen LogP contribution in [0.1, 0.15) is 28.8 Å². The molecule has 3 rings (SSSR count). The topological polar surface area (TPSA) is 82.3 Å². The summed E-state index contributed by atoms with van der Waals surface area (Å²) in [7, 11) is 0. The van der Waals surface area contributed by atoms with Crippen LogP contribution in [-0.4, -0.2) is 23.3 Å². The average Bonchev–Trinajstić information content (AvgIpc) is 3.00. The van der Waals surface area contributed by atoms with E-state index in [2.05, 4.69) is 10.3 Å². The average molecular weight is 311 g/mol. The normalized spacial score (nSPS) is 14.1. The van der Waals surface area contributed by atoms with Gasteiger partial charge in [0.2, 0.25) is 11.5 Å². The molecule has 2 N–H and O–H groups in total. The molecule has 1 aromatic heterocycles. The van der Waals surface area contributed by atoms with Crippen molar-refractivity contribution in [3.05, 3.63) is 64.1 Å². The summed E-state index contributed by atoms with van der Waals surface area (Å²) >= 11 is 0. The zero-order valence-corrected chi connectivity index (χ0v) is 12.5. The lowest BCUT2D eigenvalue weighted by atomic mass is 10.2. The number of aromatic amines is 1. The van der Waals surface area contributed by atoms with Crippen LogP contribution in [0.15, 0.2) is 47.4 Å². The van der Waals surface area contributed by atoms with Crippen LogP contribution < -0.4 is 15.8 Å². The molecule has 0 atom stereocenters. The first kappa shape index (κ1) is 15.0. The van der Waals surface area contributed by atoms with E-state index in [-0.39, 0.29) is 17.4 Å². The summed E-state index contributed by atoms with van der Waals surface area (Å²) in [6.07, 6.45) is 2.90. The van der Waals surface area contributed by atoms with Crippen LogP contribution in [-0.2, 0) is 11.3 Å². The van der Waals surface area contributed by atoms with Gasteiger partial charge < -0.3 is 15.2 Å². The number of benzene rings is 1. The van der Waals surface area contributed by atoms with Crippen LogP contribution in [0.5, 0.6) is 0 Å². The van der Waals surface area contributed by atoms with Gasteiger partial charge in [-0.3, -0.25) is 14.4 Å². The molecule has 1 aromatic carbocycles. The number of nitrogens with one attached hydrogen (secondary N) is 2. The maximum atomic E-state index is 12.0. The van der Waals surface area contributed by atoms with E-state index in [9.17, 15) is 14.4 Å². The number of H-pyrrole nitrogens is 1. The van der Waals surface area contributed by atoms with E-state index >= 15 is 0 Å². The minimum atomic E-state index is -0.250. The molecule has 118 valence electrons. The van der Waals surface area contributed by atoms with E-state index in [0.717, 1.165) is 24.2 Å². The standard InChI is InChI=1S/C17H17N3O3/c21-15-8-5-13(11-18-15)17(23)19-10-12-3-6-14(7-4-12)20-9-1-2-16(20)22/h3-8,11H,1-2,9-10H2,(H,18,21)(H,19,23). The summed E-state index contributed by atoms with van der Waals surface area (Å²) in [4.78, 5) is 38.9. The highest BCUT2D eigenvalue weighted by Gasteiger charge is 2.21. The zero-order valence-electron chi connectivity index (χ0n) is 12.5. The fourth-order valence-corrected chi connectivity index (χ4v) is 2.55. The van der Waals surface area contributed by atoms with Gasteiger partial charge in [0.1, 0.15) is 0 Å². The van der Waals surface area contributed by atoms with Gasteiger partial charge in [0.05, 0.1) is 5.56 Å². The number of anilines is 1. The maximum absolute atomic E-state index is 12.0. The third-order valence-corrected chi connectivity index (χ3v) is 3.82. The van der Waals surface area contributed by atoms with Crippen molar-refractivity contribution in [3.63, 3.8) is 0 Å². The Balaban J connectivity index is 1.60. The van der Waals surface area contributed by atoms with Crippen LogP contribution in [0, 0.1) is 0 Å². The molecule has 6 nitrogen and oxygen atoms in total. The third-order valence-electron chi connectivity index (χ3n) is 3.82. The smallest absolute Gasteiger partial charge is 0.253 e. The summed E-state index contributed by atoms with van der Waals surface area (Å²) in [5.41, 5.74) is 2.00. The van der Waals surface area contributed by atoms with Crippen molar-refractivity contribution in [1.82, 2.24) is 10.3 Å². The second-order valence-corrected chi connectivity index (χ2v) is 5.44. The molecular weight excluding hydrogens is 294 g/mol. The molecule has 2 aromatic rings. The number of nitrogens with zero attached hydrogens (tertiary/aromatic N) is 1. The molecule has 23 heavy (non-hydrogen) atoms. The van der Waals surface area contributed by atoms with E-state index < -0.39 is 0 Å². The van der Waals surface area contributed by atoms with Crippen LogP contribution in [0.3, 0.4) is 0 Å². The highest BCUT2D eigenvalue weighted by atomic mass is 16.2. The Morgan fingerprint density at radius 2 is 1.91 bits per heavy atom. The van der Waals surface area contributed by atoms with Gasteiger partial charge in [0.15, 0.2) is 0 Å². The number of carbonyl (C=O) groups is 2. The van der Waals surface area contributed by atoms with Crippen LogP contribution in [0.2, 0.25) is 0 Å². The van der Waals surface area contributed by atoms with Crippen molar-refractivity contribution in [1.29, 1.82) is 0 Å². The number of aromatic nitrogens is 1. The highest BCUT2D eigenvalue weighted by molar-refractivity contribution is 5.95. The van der Waals surface area contributed by atoms with E-state index in [1.807, 2.05) is 24.3 Å². The zero-order chi connectivity index (χ0) is 16.2. The van der Waals surface area contributed by atoms with E-state index in [1.165, 1.54) is 18.3 Å². The molecule has 0 saturated carbocycles. The van der Waals surface area contributed by atoms with Crippen LogP contribution >= 0.6 is 0 Å². The van der Waals surface area contributed by atoms with Crippen molar-refractivity contribution >= 4 is 17.5 Å². The van der Waals surface area contributed by atoms with Gasteiger partial charge in [-0.1, -0.05) is 12.1 Å². The molecular formula is C17H17N3O3. The van der Waals surface area contributed by atoms with Crippen molar-refractivity contribution in [3.8, 4) is 0 Å². The largest absolute Gasteiger partial charge is 0.348 e. The predicted octanol–water partition coefficient (Wildman–Crippen LogP) is 1.43. The summed E-state index contributed by atoms with van der Waals surface area (Å²) in [6, 6.07) is 10.4. The molecule has 0 aliphatic carbocycles. The number of carbonyl (C=O) groups excluding carboxylic acids is 2. The Hall–Kier alpha value is -2.89. The molecule has 0 radical (unpaired) electrons. The Morgan fingerprint density at radius 3 is 2.52 bits per heavy atom.